The largest absolute Gasteiger partial charge is 0.493 e. The summed E-state index contributed by atoms with van der Waals surface area (Å²) in [5, 5.41) is 1.62. The quantitative estimate of drug-likeness (QED) is 0.436. The van der Waals surface area contributed by atoms with Gasteiger partial charge in [-0.25, -0.2) is 0 Å². The lowest BCUT2D eigenvalue weighted by Crippen LogP contribution is -2.39. The lowest BCUT2D eigenvalue weighted by Gasteiger charge is -2.32. The molecule has 0 N–H and O–H groups in total. The molecule has 0 saturated carbocycles. The number of nitrogens with zero attached hydrogens (tertiary/aromatic N) is 3. The third kappa shape index (κ3) is 5.46. The van der Waals surface area contributed by atoms with E-state index in [1.54, 1.807) is 11.9 Å². The molecule has 0 radical (unpaired) electrons. The van der Waals surface area contributed by atoms with Gasteiger partial charge < -0.3 is 24.0 Å². The maximum atomic E-state index is 11.9. The van der Waals surface area contributed by atoms with E-state index in [1.165, 1.54) is 0 Å². The minimum Gasteiger partial charge on any atom is -0.493 e. The van der Waals surface area contributed by atoms with E-state index >= 15 is 0 Å². The Hall–Kier alpha value is -3.03. The standard InChI is InChI=1S/C27H30ClN3O4/c1-18-4-6-22-23(29-18)14-19(28)15-26(22)33-13-3-10-31-11-8-20(9-12-31)35-21-5-7-25-24(16-21)30(2)27(32)17-34-25/h4-7,14-16,20H,3,8-13,17H2,1-2H3. The number of halogens is 1. The van der Waals surface area contributed by atoms with Crippen molar-refractivity contribution in [3.05, 3.63) is 53.2 Å². The van der Waals surface area contributed by atoms with Gasteiger partial charge in [0.25, 0.3) is 5.91 Å². The molecular formula is C27H30ClN3O4. The van der Waals surface area contributed by atoms with Gasteiger partial charge in [-0.2, -0.15) is 0 Å². The number of carbonyl (C=O) groups excluding carboxylic acids is 1. The van der Waals surface area contributed by atoms with Crippen molar-refractivity contribution in [3.8, 4) is 17.2 Å². The Balaban J connectivity index is 1.08. The first-order chi connectivity index (χ1) is 17.0. The summed E-state index contributed by atoms with van der Waals surface area (Å²) in [4.78, 5) is 20.5. The fraction of sp³-hybridized carbons (Fsp3) is 0.407. The number of likely N-dealkylation sites (N-methyl/N-ethyl adjacent to an activating group) is 1. The fourth-order valence-corrected chi connectivity index (χ4v) is 4.83. The van der Waals surface area contributed by atoms with Crippen LogP contribution in [0, 0.1) is 6.92 Å². The minimum absolute atomic E-state index is 0.0535. The lowest BCUT2D eigenvalue weighted by atomic mass is 10.1. The van der Waals surface area contributed by atoms with Gasteiger partial charge in [0.05, 0.1) is 17.8 Å². The van der Waals surface area contributed by atoms with Gasteiger partial charge in [0, 0.05) is 48.9 Å². The zero-order valence-corrected chi connectivity index (χ0v) is 20.9. The summed E-state index contributed by atoms with van der Waals surface area (Å²) in [6.45, 7) is 5.63. The first kappa shape index (κ1) is 23.7. The van der Waals surface area contributed by atoms with Crippen LogP contribution in [-0.4, -0.2) is 61.8 Å². The Morgan fingerprint density at radius 1 is 1.14 bits per heavy atom. The number of aromatic nitrogens is 1. The molecule has 0 atom stereocenters. The Labute approximate surface area is 210 Å². The van der Waals surface area contributed by atoms with E-state index in [0.717, 1.165) is 72.7 Å². The molecule has 0 spiro atoms. The molecule has 1 fully saturated rings. The van der Waals surface area contributed by atoms with Crippen LogP contribution < -0.4 is 19.1 Å². The van der Waals surface area contributed by atoms with E-state index in [2.05, 4.69) is 9.88 Å². The number of benzene rings is 2. The molecule has 8 heteroatoms. The fourth-order valence-electron chi connectivity index (χ4n) is 4.63. The van der Waals surface area contributed by atoms with Gasteiger partial charge >= 0.3 is 0 Å². The number of aryl methyl sites for hydroxylation is 1. The normalized spacial score (nSPS) is 16.8. The second-order valence-corrected chi connectivity index (χ2v) is 9.59. The highest BCUT2D eigenvalue weighted by atomic mass is 35.5. The maximum absolute atomic E-state index is 11.9. The van der Waals surface area contributed by atoms with Gasteiger partial charge in [-0.1, -0.05) is 11.6 Å². The summed E-state index contributed by atoms with van der Waals surface area (Å²) in [6, 6.07) is 13.5. The average Bonchev–Trinajstić information content (AvgIpc) is 2.85. The molecule has 0 unspecified atom stereocenters. The van der Waals surface area contributed by atoms with Crippen molar-refractivity contribution in [3.63, 3.8) is 0 Å². The lowest BCUT2D eigenvalue weighted by molar-refractivity contribution is -0.120. The average molecular weight is 496 g/mol. The molecule has 0 aliphatic carbocycles. The molecule has 2 aliphatic rings. The number of rotatable bonds is 7. The molecule has 7 nitrogen and oxygen atoms in total. The van der Waals surface area contributed by atoms with Gasteiger partial charge in [0.2, 0.25) is 0 Å². The van der Waals surface area contributed by atoms with E-state index in [1.807, 2.05) is 49.4 Å². The molecule has 2 aliphatic heterocycles. The van der Waals surface area contributed by atoms with Crippen molar-refractivity contribution in [1.29, 1.82) is 0 Å². The van der Waals surface area contributed by atoms with Crippen LogP contribution in [0.3, 0.4) is 0 Å². The van der Waals surface area contributed by atoms with E-state index in [-0.39, 0.29) is 18.6 Å². The van der Waals surface area contributed by atoms with E-state index in [0.29, 0.717) is 17.4 Å². The number of ether oxygens (including phenoxy) is 3. The smallest absolute Gasteiger partial charge is 0.264 e. The molecule has 1 aromatic heterocycles. The molecular weight excluding hydrogens is 466 g/mol. The van der Waals surface area contributed by atoms with Crippen LogP contribution in [0.1, 0.15) is 25.0 Å². The topological polar surface area (TPSA) is 64.1 Å². The van der Waals surface area contributed by atoms with Crippen molar-refractivity contribution in [2.75, 3.05) is 44.8 Å². The number of hydrogen-bond donors (Lipinski definition) is 0. The number of carbonyl (C=O) groups is 1. The number of hydrogen-bond acceptors (Lipinski definition) is 6. The van der Waals surface area contributed by atoms with E-state index in [9.17, 15) is 4.79 Å². The minimum atomic E-state index is -0.0535. The van der Waals surface area contributed by atoms with E-state index in [4.69, 9.17) is 25.8 Å². The van der Waals surface area contributed by atoms with Gasteiger partial charge in [-0.15, -0.1) is 0 Å². The highest BCUT2D eigenvalue weighted by Crippen LogP contribution is 2.35. The third-order valence-corrected chi connectivity index (χ3v) is 6.82. The summed E-state index contributed by atoms with van der Waals surface area (Å²) in [7, 11) is 1.77. The maximum Gasteiger partial charge on any atom is 0.264 e. The first-order valence-electron chi connectivity index (χ1n) is 12.1. The number of anilines is 1. The predicted molar refractivity (Wildman–Crippen MR) is 137 cm³/mol. The van der Waals surface area contributed by atoms with Crippen molar-refractivity contribution < 1.29 is 19.0 Å². The number of likely N-dealkylation sites (tertiary alicyclic amines) is 1. The Morgan fingerprint density at radius 3 is 2.80 bits per heavy atom. The van der Waals surface area contributed by atoms with Gasteiger partial charge in [-0.3, -0.25) is 9.78 Å². The molecule has 1 amide bonds. The number of pyridine rings is 1. The van der Waals surface area contributed by atoms with Crippen LogP contribution in [0.5, 0.6) is 17.2 Å². The van der Waals surface area contributed by atoms with Crippen LogP contribution in [0.25, 0.3) is 10.9 Å². The van der Waals surface area contributed by atoms with Crippen LogP contribution in [0.4, 0.5) is 5.69 Å². The molecule has 3 heterocycles. The summed E-state index contributed by atoms with van der Waals surface area (Å²) in [6.07, 6.45) is 3.03. The SMILES string of the molecule is Cc1ccc2c(OCCCN3CCC(Oc4ccc5c(c4)N(C)C(=O)CO5)CC3)cc(Cl)cc2n1. The molecule has 184 valence electrons. The Bertz CT molecular complexity index is 1220. The molecule has 5 rings (SSSR count). The highest BCUT2D eigenvalue weighted by Gasteiger charge is 2.24. The molecule has 3 aromatic rings. The van der Waals surface area contributed by atoms with Gasteiger partial charge in [0.1, 0.15) is 23.4 Å². The summed E-state index contributed by atoms with van der Waals surface area (Å²) in [5.74, 6) is 2.23. The number of amides is 1. The molecule has 0 bridgehead atoms. The van der Waals surface area contributed by atoms with E-state index < -0.39 is 0 Å². The number of piperidine rings is 1. The van der Waals surface area contributed by atoms with Crippen LogP contribution in [0.2, 0.25) is 5.02 Å². The van der Waals surface area contributed by atoms with Gasteiger partial charge in [0.15, 0.2) is 6.61 Å². The zero-order chi connectivity index (χ0) is 24.4. The summed E-state index contributed by atoms with van der Waals surface area (Å²) in [5.41, 5.74) is 2.58. The highest BCUT2D eigenvalue weighted by molar-refractivity contribution is 6.31. The van der Waals surface area contributed by atoms with Crippen molar-refractivity contribution >= 4 is 34.1 Å². The monoisotopic (exact) mass is 495 g/mol. The summed E-state index contributed by atoms with van der Waals surface area (Å²) < 4.78 is 17.8. The van der Waals surface area contributed by atoms with Crippen LogP contribution >= 0.6 is 11.6 Å². The van der Waals surface area contributed by atoms with Crippen molar-refractivity contribution in [2.45, 2.75) is 32.3 Å². The molecule has 1 saturated heterocycles. The Morgan fingerprint density at radius 2 is 1.97 bits per heavy atom. The van der Waals surface area contributed by atoms with Crippen LogP contribution in [-0.2, 0) is 4.79 Å². The second-order valence-electron chi connectivity index (χ2n) is 9.16. The molecule has 35 heavy (non-hydrogen) atoms. The predicted octanol–water partition coefficient (Wildman–Crippen LogP) is 4.86. The van der Waals surface area contributed by atoms with Crippen LogP contribution in [0.15, 0.2) is 42.5 Å². The first-order valence-corrected chi connectivity index (χ1v) is 12.5. The summed E-state index contributed by atoms with van der Waals surface area (Å²) >= 11 is 6.27. The van der Waals surface area contributed by atoms with Crippen molar-refractivity contribution in [1.82, 2.24) is 9.88 Å². The van der Waals surface area contributed by atoms with Gasteiger partial charge in [-0.05, 0) is 62.6 Å². The second kappa shape index (κ2) is 10.3. The zero-order valence-electron chi connectivity index (χ0n) is 20.1. The Kier molecular flexibility index (Phi) is 6.97. The number of fused-ring (bicyclic) bond motifs is 2. The van der Waals surface area contributed by atoms with Crippen molar-refractivity contribution in [2.24, 2.45) is 0 Å². The molecule has 2 aromatic carbocycles. The third-order valence-electron chi connectivity index (χ3n) is 6.60.